The second-order valence-corrected chi connectivity index (χ2v) is 7.32. The molecule has 0 aromatic heterocycles. The van der Waals surface area contributed by atoms with E-state index < -0.39 is 6.04 Å². The molecular weight excluding hydrogens is 407 g/mol. The van der Waals surface area contributed by atoms with Gasteiger partial charge in [-0.2, -0.15) is 0 Å². The minimum atomic E-state index is -0.631. The molecule has 0 aliphatic carbocycles. The van der Waals surface area contributed by atoms with Gasteiger partial charge in [0, 0.05) is 34.2 Å². The van der Waals surface area contributed by atoms with Crippen LogP contribution >= 0.6 is 34.8 Å². The summed E-state index contributed by atoms with van der Waals surface area (Å²) in [5.41, 5.74) is 1.39. The van der Waals surface area contributed by atoms with Crippen LogP contribution in [-0.4, -0.2) is 29.8 Å². The van der Waals surface area contributed by atoms with Crippen LogP contribution in [0.15, 0.2) is 42.5 Å². The molecule has 0 fully saturated rings. The summed E-state index contributed by atoms with van der Waals surface area (Å²) in [4.78, 5) is 27.0. The van der Waals surface area contributed by atoms with E-state index >= 15 is 0 Å². The number of nitrogens with one attached hydrogen (secondary N) is 1. The van der Waals surface area contributed by atoms with E-state index in [1.807, 2.05) is 13.0 Å². The number of amides is 2. The first kappa shape index (κ1) is 21.5. The topological polar surface area (TPSA) is 49.4 Å². The highest BCUT2D eigenvalue weighted by Gasteiger charge is 2.29. The zero-order chi connectivity index (χ0) is 20.0. The summed E-state index contributed by atoms with van der Waals surface area (Å²) in [7, 11) is 1.55. The van der Waals surface area contributed by atoms with Gasteiger partial charge in [0.1, 0.15) is 6.04 Å². The normalized spacial score (nSPS) is 11.7. The second kappa shape index (κ2) is 9.98. The lowest BCUT2D eigenvalue weighted by Crippen LogP contribution is -2.48. The fraction of sp³-hybridized carbons (Fsp3) is 0.300. The van der Waals surface area contributed by atoms with Gasteiger partial charge >= 0.3 is 0 Å². The zero-order valence-electron chi connectivity index (χ0n) is 15.1. The van der Waals surface area contributed by atoms with Gasteiger partial charge in [0.2, 0.25) is 11.8 Å². The third-order valence-corrected chi connectivity index (χ3v) is 5.21. The van der Waals surface area contributed by atoms with Gasteiger partial charge in [0.25, 0.3) is 0 Å². The maximum absolute atomic E-state index is 13.1. The lowest BCUT2D eigenvalue weighted by molar-refractivity contribution is -0.140. The highest BCUT2D eigenvalue weighted by Crippen LogP contribution is 2.27. The molecule has 1 N–H and O–H groups in total. The molecule has 0 aliphatic heterocycles. The predicted molar refractivity (Wildman–Crippen MR) is 110 cm³/mol. The van der Waals surface area contributed by atoms with Gasteiger partial charge < -0.3 is 10.2 Å². The molecule has 0 bridgehead atoms. The Bertz CT molecular complexity index is 806. The summed E-state index contributed by atoms with van der Waals surface area (Å²) in [5.74, 6) is -0.441. The summed E-state index contributed by atoms with van der Waals surface area (Å²) >= 11 is 18.6. The Morgan fingerprint density at radius 2 is 1.70 bits per heavy atom. The number of hydrogen-bond donors (Lipinski definition) is 1. The molecule has 2 aromatic rings. The molecule has 0 saturated carbocycles. The van der Waals surface area contributed by atoms with Crippen LogP contribution in [0, 0.1) is 0 Å². The average molecular weight is 428 g/mol. The number of halogens is 3. The molecule has 1 unspecified atom stereocenters. The van der Waals surface area contributed by atoms with E-state index in [1.165, 1.54) is 4.90 Å². The van der Waals surface area contributed by atoms with Crippen LogP contribution < -0.4 is 5.32 Å². The first-order chi connectivity index (χ1) is 12.9. The Kier molecular flexibility index (Phi) is 7.96. The van der Waals surface area contributed by atoms with E-state index in [9.17, 15) is 9.59 Å². The van der Waals surface area contributed by atoms with E-state index in [1.54, 1.807) is 43.4 Å². The third-order valence-electron chi connectivity index (χ3n) is 4.27. The fourth-order valence-electron chi connectivity index (χ4n) is 2.86. The van der Waals surface area contributed by atoms with Crippen molar-refractivity contribution in [1.29, 1.82) is 0 Å². The van der Waals surface area contributed by atoms with Crippen molar-refractivity contribution in [2.75, 3.05) is 7.05 Å². The number of benzene rings is 2. The fourth-order valence-corrected chi connectivity index (χ4v) is 3.59. The Hall–Kier alpha value is -1.75. The molecule has 7 heteroatoms. The lowest BCUT2D eigenvalue weighted by atomic mass is 10.1. The van der Waals surface area contributed by atoms with Gasteiger partial charge in [-0.05, 0) is 36.2 Å². The monoisotopic (exact) mass is 426 g/mol. The van der Waals surface area contributed by atoms with Crippen LogP contribution in [0.2, 0.25) is 15.1 Å². The van der Waals surface area contributed by atoms with Crippen molar-refractivity contribution in [2.24, 2.45) is 0 Å². The van der Waals surface area contributed by atoms with Gasteiger partial charge in [-0.15, -0.1) is 0 Å². The summed E-state index contributed by atoms with van der Waals surface area (Å²) in [6.07, 6.45) is 0.582. The van der Waals surface area contributed by atoms with Crippen molar-refractivity contribution in [2.45, 2.75) is 32.4 Å². The lowest BCUT2D eigenvalue weighted by Gasteiger charge is -2.31. The van der Waals surface area contributed by atoms with Gasteiger partial charge in [-0.25, -0.2) is 0 Å². The number of rotatable bonds is 7. The van der Waals surface area contributed by atoms with E-state index in [0.29, 0.717) is 27.1 Å². The summed E-state index contributed by atoms with van der Waals surface area (Å²) in [5, 5.41) is 4.08. The summed E-state index contributed by atoms with van der Waals surface area (Å²) in [6, 6.07) is 11.6. The number of nitrogens with zero attached hydrogens (tertiary/aromatic N) is 1. The van der Waals surface area contributed by atoms with Crippen LogP contribution in [-0.2, 0) is 22.6 Å². The van der Waals surface area contributed by atoms with Gasteiger partial charge in [-0.1, -0.05) is 59.9 Å². The van der Waals surface area contributed by atoms with E-state index in [2.05, 4.69) is 5.32 Å². The first-order valence-corrected chi connectivity index (χ1v) is 9.69. The van der Waals surface area contributed by atoms with Crippen LogP contribution in [0.1, 0.15) is 24.5 Å². The number of carbonyl (C=O) groups is 2. The van der Waals surface area contributed by atoms with Crippen LogP contribution in [0.3, 0.4) is 0 Å². The van der Waals surface area contributed by atoms with E-state index in [0.717, 1.165) is 5.56 Å². The SMILES string of the molecule is CCC(C(=O)NC)N(Cc1c(Cl)cccc1Cl)C(=O)Cc1cccc(Cl)c1. The van der Waals surface area contributed by atoms with Crippen molar-refractivity contribution >= 4 is 46.6 Å². The van der Waals surface area contributed by atoms with E-state index in [4.69, 9.17) is 34.8 Å². The molecular formula is C20H21Cl3N2O2. The number of likely N-dealkylation sites (N-methyl/N-ethyl adjacent to an activating group) is 1. The molecule has 2 aromatic carbocycles. The maximum atomic E-state index is 13.1. The van der Waals surface area contributed by atoms with Gasteiger partial charge in [0.05, 0.1) is 6.42 Å². The molecule has 0 saturated heterocycles. The Morgan fingerprint density at radius 1 is 1.07 bits per heavy atom. The summed E-state index contributed by atoms with van der Waals surface area (Å²) < 4.78 is 0. The molecule has 0 aliphatic rings. The van der Waals surface area contributed by atoms with Crippen LogP contribution in [0.25, 0.3) is 0 Å². The maximum Gasteiger partial charge on any atom is 0.242 e. The number of hydrogen-bond acceptors (Lipinski definition) is 2. The Morgan fingerprint density at radius 3 is 2.26 bits per heavy atom. The molecule has 2 rings (SSSR count). The molecule has 144 valence electrons. The molecule has 27 heavy (non-hydrogen) atoms. The van der Waals surface area contributed by atoms with Crippen molar-refractivity contribution in [3.8, 4) is 0 Å². The standard InChI is InChI=1S/C20H21Cl3N2O2/c1-3-18(20(27)24-2)25(12-15-16(22)8-5-9-17(15)23)19(26)11-13-6-4-7-14(21)10-13/h4-10,18H,3,11-12H2,1-2H3,(H,24,27). The minimum absolute atomic E-state index is 0.121. The third kappa shape index (κ3) is 5.61. The smallest absolute Gasteiger partial charge is 0.242 e. The quantitative estimate of drug-likeness (QED) is 0.693. The van der Waals surface area contributed by atoms with Gasteiger partial charge in [0.15, 0.2) is 0 Å². The average Bonchev–Trinajstić information content (AvgIpc) is 2.63. The van der Waals surface area contributed by atoms with Crippen molar-refractivity contribution in [3.63, 3.8) is 0 Å². The number of carbonyl (C=O) groups excluding carboxylic acids is 2. The molecule has 0 heterocycles. The molecule has 0 spiro atoms. The highest BCUT2D eigenvalue weighted by atomic mass is 35.5. The Labute approximate surface area is 174 Å². The van der Waals surface area contributed by atoms with Crippen LogP contribution in [0.5, 0.6) is 0 Å². The van der Waals surface area contributed by atoms with Crippen LogP contribution in [0.4, 0.5) is 0 Å². The second-order valence-electron chi connectivity index (χ2n) is 6.07. The largest absolute Gasteiger partial charge is 0.357 e. The minimum Gasteiger partial charge on any atom is -0.357 e. The van der Waals surface area contributed by atoms with Crippen molar-refractivity contribution in [3.05, 3.63) is 68.7 Å². The van der Waals surface area contributed by atoms with Crippen molar-refractivity contribution < 1.29 is 9.59 Å². The van der Waals surface area contributed by atoms with Gasteiger partial charge in [-0.3, -0.25) is 9.59 Å². The highest BCUT2D eigenvalue weighted by molar-refractivity contribution is 6.36. The Balaban J connectivity index is 2.36. The zero-order valence-corrected chi connectivity index (χ0v) is 17.4. The van der Waals surface area contributed by atoms with E-state index in [-0.39, 0.29) is 24.8 Å². The summed E-state index contributed by atoms with van der Waals surface area (Å²) in [6.45, 7) is 2.00. The molecule has 1 atom stereocenters. The molecule has 4 nitrogen and oxygen atoms in total. The first-order valence-electron chi connectivity index (χ1n) is 8.55. The predicted octanol–water partition coefficient (Wildman–Crippen LogP) is 4.74. The molecule has 2 amide bonds. The molecule has 0 radical (unpaired) electrons. The van der Waals surface area contributed by atoms with Crippen molar-refractivity contribution in [1.82, 2.24) is 10.2 Å².